The van der Waals surface area contributed by atoms with E-state index in [0.29, 0.717) is 45.1 Å². The van der Waals surface area contributed by atoms with E-state index in [9.17, 15) is 20.2 Å². The van der Waals surface area contributed by atoms with Crippen LogP contribution in [0, 0.1) is 20.2 Å². The molecule has 0 heterocycles. The Bertz CT molecular complexity index is 1280. The lowest BCUT2D eigenvalue weighted by molar-refractivity contribution is -0.384. The summed E-state index contributed by atoms with van der Waals surface area (Å²) < 4.78 is 10.4. The van der Waals surface area contributed by atoms with Crippen LogP contribution in [0.2, 0.25) is 0 Å². The summed E-state index contributed by atoms with van der Waals surface area (Å²) in [4.78, 5) is 22.8. The molecule has 0 aromatic heterocycles. The summed E-state index contributed by atoms with van der Waals surface area (Å²) in [5.74, 6) is 1.23. The van der Waals surface area contributed by atoms with Gasteiger partial charge >= 0.3 is 0 Å². The lowest BCUT2D eigenvalue weighted by atomic mass is 9.98. The van der Waals surface area contributed by atoms with E-state index in [1.165, 1.54) is 26.4 Å². The van der Waals surface area contributed by atoms with Crippen molar-refractivity contribution >= 4 is 22.7 Å². The van der Waals surface area contributed by atoms with Gasteiger partial charge in [-0.2, -0.15) is 0 Å². The second-order valence-corrected chi connectivity index (χ2v) is 7.50. The maximum atomic E-state index is 11.9. The SMILES string of the molecule is COc1ccc(-c2c(Nc3cccc([N+](=O)[O-])c3-c3ccc(OC)cc3)cccc2[N+](=O)[O-])cc1. The van der Waals surface area contributed by atoms with Crippen LogP contribution in [0.3, 0.4) is 0 Å². The molecule has 9 heteroatoms. The molecular formula is C26H21N3O6. The molecule has 176 valence electrons. The number of benzene rings is 4. The molecule has 0 saturated heterocycles. The van der Waals surface area contributed by atoms with E-state index >= 15 is 0 Å². The van der Waals surface area contributed by atoms with Crippen LogP contribution in [0.25, 0.3) is 22.3 Å². The fraction of sp³-hybridized carbons (Fsp3) is 0.0769. The third-order valence-electron chi connectivity index (χ3n) is 5.51. The molecule has 1 N–H and O–H groups in total. The molecule has 0 saturated carbocycles. The van der Waals surface area contributed by atoms with Gasteiger partial charge in [0.05, 0.1) is 46.6 Å². The summed E-state index contributed by atoms with van der Waals surface area (Å²) in [6.07, 6.45) is 0. The summed E-state index contributed by atoms with van der Waals surface area (Å²) in [6, 6.07) is 23.1. The quantitative estimate of drug-likeness (QED) is 0.227. The van der Waals surface area contributed by atoms with E-state index < -0.39 is 9.85 Å². The van der Waals surface area contributed by atoms with Crippen LogP contribution < -0.4 is 14.8 Å². The Morgan fingerprint density at radius 3 is 1.29 bits per heavy atom. The minimum absolute atomic E-state index is 0.100. The second-order valence-electron chi connectivity index (χ2n) is 7.50. The van der Waals surface area contributed by atoms with Crippen LogP contribution in [-0.4, -0.2) is 24.1 Å². The predicted molar refractivity (Wildman–Crippen MR) is 133 cm³/mol. The van der Waals surface area contributed by atoms with Crippen LogP contribution in [0.1, 0.15) is 0 Å². The summed E-state index contributed by atoms with van der Waals surface area (Å²) in [5, 5.41) is 26.9. The maximum Gasteiger partial charge on any atom is 0.279 e. The lowest BCUT2D eigenvalue weighted by Gasteiger charge is -2.16. The molecule has 0 bridgehead atoms. The number of nitro benzene ring substituents is 2. The van der Waals surface area contributed by atoms with Crippen molar-refractivity contribution in [3.05, 3.63) is 105 Å². The van der Waals surface area contributed by atoms with E-state index in [1.807, 2.05) is 0 Å². The first-order valence-electron chi connectivity index (χ1n) is 10.5. The van der Waals surface area contributed by atoms with Gasteiger partial charge in [0.1, 0.15) is 11.5 Å². The van der Waals surface area contributed by atoms with E-state index in [1.54, 1.807) is 72.8 Å². The summed E-state index contributed by atoms with van der Waals surface area (Å²) in [6.45, 7) is 0. The Balaban J connectivity index is 1.89. The molecule has 0 atom stereocenters. The van der Waals surface area contributed by atoms with E-state index in [0.717, 1.165) is 0 Å². The van der Waals surface area contributed by atoms with E-state index in [-0.39, 0.29) is 11.4 Å². The zero-order valence-electron chi connectivity index (χ0n) is 18.9. The topological polar surface area (TPSA) is 117 Å². The molecule has 0 unspecified atom stereocenters. The standard InChI is InChI=1S/C26H21N3O6/c1-34-19-13-9-17(10-14-19)25-21(5-3-7-23(25)28(30)31)27-22-6-4-8-24(29(32)33)26(22)18-11-15-20(35-2)16-12-18/h3-16,27H,1-2H3. The highest BCUT2D eigenvalue weighted by molar-refractivity contribution is 5.93. The van der Waals surface area contributed by atoms with E-state index in [4.69, 9.17) is 9.47 Å². The van der Waals surface area contributed by atoms with Crippen LogP contribution in [0.4, 0.5) is 22.7 Å². The molecule has 0 aliphatic carbocycles. The van der Waals surface area contributed by atoms with Crippen LogP contribution in [0.5, 0.6) is 11.5 Å². The predicted octanol–water partition coefficient (Wildman–Crippen LogP) is 6.60. The van der Waals surface area contributed by atoms with Gasteiger partial charge in [-0.25, -0.2) is 0 Å². The van der Waals surface area contributed by atoms with Crippen molar-refractivity contribution in [2.75, 3.05) is 19.5 Å². The monoisotopic (exact) mass is 471 g/mol. The van der Waals surface area contributed by atoms with Gasteiger partial charge in [-0.15, -0.1) is 0 Å². The smallest absolute Gasteiger partial charge is 0.279 e. The van der Waals surface area contributed by atoms with E-state index in [2.05, 4.69) is 5.32 Å². The molecule has 0 radical (unpaired) electrons. The minimum Gasteiger partial charge on any atom is -0.497 e. The van der Waals surface area contributed by atoms with Gasteiger partial charge in [-0.05, 0) is 47.5 Å². The fourth-order valence-corrected chi connectivity index (χ4v) is 3.86. The second kappa shape index (κ2) is 9.92. The number of ether oxygens (including phenoxy) is 2. The number of hydrogen-bond acceptors (Lipinski definition) is 7. The highest BCUT2D eigenvalue weighted by Gasteiger charge is 2.23. The Kier molecular flexibility index (Phi) is 6.59. The Morgan fingerprint density at radius 1 is 0.600 bits per heavy atom. The minimum atomic E-state index is -0.456. The maximum absolute atomic E-state index is 11.9. The molecule has 35 heavy (non-hydrogen) atoms. The number of rotatable bonds is 8. The molecule has 0 fully saturated rings. The lowest BCUT2D eigenvalue weighted by Crippen LogP contribution is -2.01. The third-order valence-corrected chi connectivity index (χ3v) is 5.51. The van der Waals surface area contributed by atoms with Crippen molar-refractivity contribution in [1.82, 2.24) is 0 Å². The highest BCUT2D eigenvalue weighted by Crippen LogP contribution is 2.42. The largest absolute Gasteiger partial charge is 0.497 e. The van der Waals surface area contributed by atoms with Crippen LogP contribution >= 0.6 is 0 Å². The Labute approximate surface area is 200 Å². The van der Waals surface area contributed by atoms with Crippen molar-refractivity contribution in [3.63, 3.8) is 0 Å². The normalized spacial score (nSPS) is 10.5. The van der Waals surface area contributed by atoms with Gasteiger partial charge < -0.3 is 14.8 Å². The number of nitrogens with one attached hydrogen (secondary N) is 1. The first kappa shape index (κ1) is 23.2. The number of anilines is 2. The molecule has 4 aromatic carbocycles. The third kappa shape index (κ3) is 4.74. The zero-order chi connectivity index (χ0) is 24.9. The molecule has 0 spiro atoms. The van der Waals surface area contributed by atoms with Crippen molar-refractivity contribution in [2.24, 2.45) is 0 Å². The first-order valence-corrected chi connectivity index (χ1v) is 10.5. The van der Waals surface area contributed by atoms with Gasteiger partial charge in [0.2, 0.25) is 0 Å². The summed E-state index contributed by atoms with van der Waals surface area (Å²) in [7, 11) is 3.08. The highest BCUT2D eigenvalue weighted by atomic mass is 16.6. The Hall–Kier alpha value is -4.92. The molecule has 4 aromatic rings. The molecule has 4 rings (SSSR count). The van der Waals surface area contributed by atoms with Crippen molar-refractivity contribution < 1.29 is 19.3 Å². The zero-order valence-corrected chi connectivity index (χ0v) is 18.9. The number of methoxy groups -OCH3 is 2. The van der Waals surface area contributed by atoms with Crippen LogP contribution in [-0.2, 0) is 0 Å². The average Bonchev–Trinajstić information content (AvgIpc) is 2.88. The molecule has 9 nitrogen and oxygen atoms in total. The van der Waals surface area contributed by atoms with Crippen molar-refractivity contribution in [3.8, 4) is 33.8 Å². The first-order chi connectivity index (χ1) is 16.9. The molecular weight excluding hydrogens is 450 g/mol. The molecule has 0 amide bonds. The molecule has 0 aliphatic heterocycles. The summed E-state index contributed by atoms with van der Waals surface area (Å²) in [5.41, 5.74) is 2.56. The fourth-order valence-electron chi connectivity index (χ4n) is 3.86. The number of nitrogens with zero attached hydrogens (tertiary/aromatic N) is 2. The van der Waals surface area contributed by atoms with Crippen molar-refractivity contribution in [1.29, 1.82) is 0 Å². The van der Waals surface area contributed by atoms with Crippen molar-refractivity contribution in [2.45, 2.75) is 0 Å². The van der Waals surface area contributed by atoms with Gasteiger partial charge in [0.25, 0.3) is 11.4 Å². The van der Waals surface area contributed by atoms with Gasteiger partial charge in [-0.1, -0.05) is 36.4 Å². The van der Waals surface area contributed by atoms with Gasteiger partial charge in [-0.3, -0.25) is 20.2 Å². The average molecular weight is 471 g/mol. The Morgan fingerprint density at radius 2 is 0.971 bits per heavy atom. The van der Waals surface area contributed by atoms with Gasteiger partial charge in [0.15, 0.2) is 0 Å². The number of nitro groups is 2. The molecule has 0 aliphatic rings. The van der Waals surface area contributed by atoms with Crippen LogP contribution in [0.15, 0.2) is 84.9 Å². The number of hydrogen-bond donors (Lipinski definition) is 1. The van der Waals surface area contributed by atoms with Gasteiger partial charge in [0, 0.05) is 12.1 Å². The summed E-state index contributed by atoms with van der Waals surface area (Å²) >= 11 is 0.